The van der Waals surface area contributed by atoms with Gasteiger partial charge in [-0.3, -0.25) is 4.90 Å². The zero-order valence-electron chi connectivity index (χ0n) is 9.73. The number of aryl methyl sites for hydroxylation is 2. The molecular formula is C11H15N3S2. The van der Waals surface area contributed by atoms with E-state index in [1.165, 1.54) is 10.6 Å². The van der Waals surface area contributed by atoms with Gasteiger partial charge in [0, 0.05) is 23.3 Å². The Labute approximate surface area is 104 Å². The average Bonchev–Trinajstić information content (AvgIpc) is 2.78. The number of thiazole rings is 2. The van der Waals surface area contributed by atoms with E-state index >= 15 is 0 Å². The fourth-order valence-electron chi connectivity index (χ4n) is 1.62. The van der Waals surface area contributed by atoms with Gasteiger partial charge in [-0.15, -0.1) is 22.7 Å². The standard InChI is InChI=1S/C11H15N3S2/c1-8-11(13-9(2)16-8)5-14(3)4-10-6-15-7-12-10/h6-7H,4-5H2,1-3H3. The Hall–Kier alpha value is -0.780. The second-order valence-corrected chi connectivity index (χ2v) is 6.01. The topological polar surface area (TPSA) is 29.0 Å². The molecule has 2 heterocycles. The van der Waals surface area contributed by atoms with Crippen LogP contribution in [0.2, 0.25) is 0 Å². The third-order valence-electron chi connectivity index (χ3n) is 2.33. The molecule has 16 heavy (non-hydrogen) atoms. The molecule has 0 fully saturated rings. The first kappa shape index (κ1) is 11.7. The maximum atomic E-state index is 4.54. The molecular weight excluding hydrogens is 238 g/mol. The SMILES string of the molecule is Cc1nc(CN(C)Cc2cscn2)c(C)s1. The molecule has 0 atom stereocenters. The smallest absolute Gasteiger partial charge is 0.0900 e. The molecule has 3 nitrogen and oxygen atoms in total. The lowest BCUT2D eigenvalue weighted by molar-refractivity contribution is 0.312. The monoisotopic (exact) mass is 253 g/mol. The lowest BCUT2D eigenvalue weighted by atomic mass is 10.3. The van der Waals surface area contributed by atoms with Gasteiger partial charge in [-0.25, -0.2) is 9.97 Å². The van der Waals surface area contributed by atoms with Crippen molar-refractivity contribution in [3.63, 3.8) is 0 Å². The molecule has 0 amide bonds. The van der Waals surface area contributed by atoms with Crippen molar-refractivity contribution in [1.29, 1.82) is 0 Å². The summed E-state index contributed by atoms with van der Waals surface area (Å²) in [6.07, 6.45) is 0. The van der Waals surface area contributed by atoms with Crippen LogP contribution in [0.5, 0.6) is 0 Å². The molecule has 0 saturated heterocycles. The van der Waals surface area contributed by atoms with Gasteiger partial charge in [-0.1, -0.05) is 0 Å². The normalized spacial score (nSPS) is 11.2. The second-order valence-electron chi connectivity index (χ2n) is 3.89. The zero-order valence-corrected chi connectivity index (χ0v) is 11.4. The van der Waals surface area contributed by atoms with E-state index in [9.17, 15) is 0 Å². The summed E-state index contributed by atoms with van der Waals surface area (Å²) in [5.74, 6) is 0. The van der Waals surface area contributed by atoms with Gasteiger partial charge in [0.05, 0.1) is 21.9 Å². The third-order valence-corrected chi connectivity index (χ3v) is 3.90. The molecule has 2 aromatic rings. The molecule has 0 aliphatic carbocycles. The van der Waals surface area contributed by atoms with Gasteiger partial charge in [0.25, 0.3) is 0 Å². The van der Waals surface area contributed by atoms with Crippen LogP contribution in [0.4, 0.5) is 0 Å². The Balaban J connectivity index is 1.97. The highest BCUT2D eigenvalue weighted by molar-refractivity contribution is 7.11. The summed E-state index contributed by atoms with van der Waals surface area (Å²) >= 11 is 3.41. The summed E-state index contributed by atoms with van der Waals surface area (Å²) in [5, 5.41) is 3.24. The van der Waals surface area contributed by atoms with E-state index in [1.807, 2.05) is 5.51 Å². The lowest BCUT2D eigenvalue weighted by Gasteiger charge is -2.13. The zero-order chi connectivity index (χ0) is 11.5. The Morgan fingerprint density at radius 1 is 1.31 bits per heavy atom. The summed E-state index contributed by atoms with van der Waals surface area (Å²) in [6.45, 7) is 5.98. The van der Waals surface area contributed by atoms with E-state index in [1.54, 1.807) is 22.7 Å². The molecule has 0 aliphatic rings. The Kier molecular flexibility index (Phi) is 3.68. The van der Waals surface area contributed by atoms with Crippen molar-refractivity contribution in [3.05, 3.63) is 32.2 Å². The van der Waals surface area contributed by atoms with Crippen molar-refractivity contribution in [2.45, 2.75) is 26.9 Å². The van der Waals surface area contributed by atoms with Crippen LogP contribution < -0.4 is 0 Å². The average molecular weight is 253 g/mol. The predicted octanol–water partition coefficient (Wildman–Crippen LogP) is 2.85. The molecule has 5 heteroatoms. The number of nitrogens with zero attached hydrogens (tertiary/aromatic N) is 3. The highest BCUT2D eigenvalue weighted by Crippen LogP contribution is 2.18. The quantitative estimate of drug-likeness (QED) is 0.839. The minimum atomic E-state index is 0.888. The van der Waals surface area contributed by atoms with Gasteiger partial charge in [0.15, 0.2) is 0 Å². The first-order valence-electron chi connectivity index (χ1n) is 5.13. The summed E-state index contributed by atoms with van der Waals surface area (Å²) < 4.78 is 0. The number of hydrogen-bond donors (Lipinski definition) is 0. The fourth-order valence-corrected chi connectivity index (χ4v) is 3.00. The number of hydrogen-bond acceptors (Lipinski definition) is 5. The van der Waals surface area contributed by atoms with Crippen molar-refractivity contribution < 1.29 is 0 Å². The Bertz CT molecular complexity index is 448. The summed E-state index contributed by atoms with van der Waals surface area (Å²) in [6, 6.07) is 0. The van der Waals surface area contributed by atoms with Gasteiger partial charge in [0.2, 0.25) is 0 Å². The molecule has 0 saturated carbocycles. The van der Waals surface area contributed by atoms with Crippen LogP contribution in [0.1, 0.15) is 21.3 Å². The molecule has 2 rings (SSSR count). The van der Waals surface area contributed by atoms with E-state index in [-0.39, 0.29) is 0 Å². The first-order valence-corrected chi connectivity index (χ1v) is 6.89. The minimum Gasteiger partial charge on any atom is -0.295 e. The van der Waals surface area contributed by atoms with Gasteiger partial charge in [0.1, 0.15) is 0 Å². The summed E-state index contributed by atoms with van der Waals surface area (Å²) in [5.41, 5.74) is 4.21. The molecule has 0 bridgehead atoms. The van der Waals surface area contributed by atoms with Crippen molar-refractivity contribution in [1.82, 2.24) is 14.9 Å². The molecule has 0 aromatic carbocycles. The van der Waals surface area contributed by atoms with Crippen molar-refractivity contribution in [2.75, 3.05) is 7.05 Å². The molecule has 0 aliphatic heterocycles. The first-order chi connectivity index (χ1) is 7.65. The van der Waals surface area contributed by atoms with Gasteiger partial charge in [-0.2, -0.15) is 0 Å². The van der Waals surface area contributed by atoms with Crippen molar-refractivity contribution in [2.24, 2.45) is 0 Å². The predicted molar refractivity (Wildman–Crippen MR) is 68.9 cm³/mol. The molecule has 0 N–H and O–H groups in total. The number of rotatable bonds is 4. The summed E-state index contributed by atoms with van der Waals surface area (Å²) in [4.78, 5) is 12.4. The van der Waals surface area contributed by atoms with Crippen molar-refractivity contribution >= 4 is 22.7 Å². The van der Waals surface area contributed by atoms with E-state index < -0.39 is 0 Å². The highest BCUT2D eigenvalue weighted by atomic mass is 32.1. The highest BCUT2D eigenvalue weighted by Gasteiger charge is 2.08. The maximum Gasteiger partial charge on any atom is 0.0900 e. The molecule has 86 valence electrons. The van der Waals surface area contributed by atoms with Crippen LogP contribution in [-0.2, 0) is 13.1 Å². The van der Waals surface area contributed by atoms with E-state index in [4.69, 9.17) is 0 Å². The van der Waals surface area contributed by atoms with Crippen LogP contribution in [0.3, 0.4) is 0 Å². The largest absolute Gasteiger partial charge is 0.295 e. The molecule has 2 aromatic heterocycles. The van der Waals surface area contributed by atoms with Crippen LogP contribution in [-0.4, -0.2) is 21.9 Å². The lowest BCUT2D eigenvalue weighted by Crippen LogP contribution is -2.18. The van der Waals surface area contributed by atoms with E-state index in [0.29, 0.717) is 0 Å². The maximum absolute atomic E-state index is 4.54. The Morgan fingerprint density at radius 3 is 2.69 bits per heavy atom. The van der Waals surface area contributed by atoms with Crippen LogP contribution in [0, 0.1) is 13.8 Å². The van der Waals surface area contributed by atoms with Crippen LogP contribution in [0.25, 0.3) is 0 Å². The van der Waals surface area contributed by atoms with Gasteiger partial charge >= 0.3 is 0 Å². The Morgan fingerprint density at radius 2 is 2.12 bits per heavy atom. The third kappa shape index (κ3) is 2.87. The fraction of sp³-hybridized carbons (Fsp3) is 0.455. The van der Waals surface area contributed by atoms with Crippen LogP contribution in [0.15, 0.2) is 10.9 Å². The van der Waals surface area contributed by atoms with Crippen molar-refractivity contribution in [3.8, 4) is 0 Å². The molecule has 0 unspecified atom stereocenters. The van der Waals surface area contributed by atoms with Crippen LogP contribution >= 0.6 is 22.7 Å². The second kappa shape index (κ2) is 5.03. The number of aromatic nitrogens is 2. The summed E-state index contributed by atoms with van der Waals surface area (Å²) in [7, 11) is 2.10. The van der Waals surface area contributed by atoms with E-state index in [0.717, 1.165) is 23.8 Å². The molecule has 0 radical (unpaired) electrons. The van der Waals surface area contributed by atoms with Gasteiger partial charge in [-0.05, 0) is 20.9 Å². The van der Waals surface area contributed by atoms with E-state index in [2.05, 4.69) is 41.1 Å². The minimum absolute atomic E-state index is 0.888. The molecule has 0 spiro atoms. The van der Waals surface area contributed by atoms with Gasteiger partial charge < -0.3 is 0 Å².